The summed E-state index contributed by atoms with van der Waals surface area (Å²) in [6.07, 6.45) is 8.32. The van der Waals surface area contributed by atoms with Crippen LogP contribution in [0.4, 0.5) is 0 Å². The highest BCUT2D eigenvalue weighted by molar-refractivity contribution is 5.99. The SMILES string of the molecule is COc1ccc(C[C@H](NC(=O)C2CC2C(=O)CN2CCOC3(CC3)C2)C(=O)N[C@@H](CC2=CCCC2)C(=O)[C@@]2(C)CO2)cc1. The van der Waals surface area contributed by atoms with Crippen molar-refractivity contribution in [2.45, 2.75) is 81.6 Å². The van der Waals surface area contributed by atoms with E-state index < -0.39 is 29.5 Å². The zero-order valence-corrected chi connectivity index (χ0v) is 25.2. The first-order valence-electron chi connectivity index (χ1n) is 15.7. The number of epoxide rings is 1. The molecule has 4 fully saturated rings. The number of rotatable bonds is 14. The maximum Gasteiger partial charge on any atom is 0.243 e. The van der Waals surface area contributed by atoms with E-state index in [2.05, 4.69) is 21.6 Å². The van der Waals surface area contributed by atoms with Crippen molar-refractivity contribution in [3.05, 3.63) is 41.5 Å². The summed E-state index contributed by atoms with van der Waals surface area (Å²) in [5.41, 5.74) is 1.06. The minimum Gasteiger partial charge on any atom is -0.497 e. The van der Waals surface area contributed by atoms with Crippen LogP contribution in [0.1, 0.15) is 57.4 Å². The van der Waals surface area contributed by atoms with Crippen LogP contribution in [-0.4, -0.2) is 91.5 Å². The maximum absolute atomic E-state index is 13.8. The van der Waals surface area contributed by atoms with Gasteiger partial charge < -0.3 is 24.8 Å². The highest BCUT2D eigenvalue weighted by Gasteiger charge is 2.52. The standard InChI is InChI=1S/C33H43N3O7/c1-32(20-43-32)29(38)26(15-21-5-3-4-6-21)34-31(40)27(16-22-7-9-23(41-2)10-8-22)35-30(39)25-17-24(25)28(37)18-36-13-14-42-33(19-36)11-12-33/h5,7-10,24-27H,3-4,6,11-20H2,1-2H3,(H,34,40)(H,35,39)/t24?,25?,26-,27-,32+/m0/s1. The summed E-state index contributed by atoms with van der Waals surface area (Å²) in [6, 6.07) is 5.68. The summed E-state index contributed by atoms with van der Waals surface area (Å²) >= 11 is 0. The quantitative estimate of drug-likeness (QED) is 0.248. The van der Waals surface area contributed by atoms with E-state index in [0.29, 0.717) is 38.3 Å². The van der Waals surface area contributed by atoms with Crippen LogP contribution in [0.5, 0.6) is 5.75 Å². The molecule has 3 aliphatic carbocycles. The molecule has 6 rings (SSSR count). The third-order valence-electron chi connectivity index (χ3n) is 9.62. The summed E-state index contributed by atoms with van der Waals surface area (Å²) in [7, 11) is 1.59. The van der Waals surface area contributed by atoms with Gasteiger partial charge in [0.05, 0.1) is 38.5 Å². The van der Waals surface area contributed by atoms with Gasteiger partial charge in [0.2, 0.25) is 11.8 Å². The number of methoxy groups -OCH3 is 1. The van der Waals surface area contributed by atoms with Crippen molar-refractivity contribution < 1.29 is 33.4 Å². The first kappa shape index (κ1) is 30.0. The average molecular weight is 594 g/mol. The van der Waals surface area contributed by atoms with E-state index in [1.165, 1.54) is 0 Å². The van der Waals surface area contributed by atoms with Crippen LogP contribution in [0.3, 0.4) is 0 Å². The molecule has 2 amide bonds. The van der Waals surface area contributed by atoms with Crippen LogP contribution >= 0.6 is 0 Å². The molecule has 2 unspecified atom stereocenters. The Morgan fingerprint density at radius 1 is 1.05 bits per heavy atom. The number of amides is 2. The fourth-order valence-electron chi connectivity index (χ4n) is 6.45. The number of nitrogens with one attached hydrogen (secondary N) is 2. The predicted molar refractivity (Wildman–Crippen MR) is 157 cm³/mol. The first-order valence-corrected chi connectivity index (χ1v) is 15.7. The minimum absolute atomic E-state index is 0.0580. The molecule has 0 radical (unpaired) electrons. The number of morpholine rings is 1. The van der Waals surface area contributed by atoms with Crippen molar-refractivity contribution in [3.8, 4) is 5.75 Å². The molecule has 232 valence electrons. The van der Waals surface area contributed by atoms with E-state index in [4.69, 9.17) is 14.2 Å². The molecule has 5 aliphatic rings. The number of ketones is 2. The average Bonchev–Trinajstić information content (AvgIpc) is 3.96. The van der Waals surface area contributed by atoms with Gasteiger partial charge in [-0.15, -0.1) is 0 Å². The van der Waals surface area contributed by atoms with Crippen molar-refractivity contribution in [1.82, 2.24) is 15.5 Å². The van der Waals surface area contributed by atoms with Gasteiger partial charge in [0.1, 0.15) is 17.4 Å². The normalized spacial score (nSPS) is 28.4. The monoisotopic (exact) mass is 593 g/mol. The Kier molecular flexibility index (Phi) is 8.45. The first-order chi connectivity index (χ1) is 20.7. The fraction of sp³-hybridized carbons (Fsp3) is 0.636. The lowest BCUT2D eigenvalue weighted by molar-refractivity contribution is -0.133. The summed E-state index contributed by atoms with van der Waals surface area (Å²) < 4.78 is 16.5. The molecule has 2 N–H and O–H groups in total. The van der Waals surface area contributed by atoms with Crippen molar-refractivity contribution in [1.29, 1.82) is 0 Å². The van der Waals surface area contributed by atoms with Crippen molar-refractivity contribution in [2.24, 2.45) is 11.8 Å². The lowest BCUT2D eigenvalue weighted by Gasteiger charge is -2.32. The van der Waals surface area contributed by atoms with Crippen LogP contribution in [0.2, 0.25) is 0 Å². The van der Waals surface area contributed by atoms with Gasteiger partial charge >= 0.3 is 0 Å². The van der Waals surface area contributed by atoms with Crippen molar-refractivity contribution in [3.63, 3.8) is 0 Å². The van der Waals surface area contributed by atoms with E-state index in [-0.39, 0.29) is 35.4 Å². The van der Waals surface area contributed by atoms with Crippen molar-refractivity contribution >= 4 is 23.4 Å². The second kappa shape index (κ2) is 12.1. The van der Waals surface area contributed by atoms with E-state index in [0.717, 1.165) is 56.3 Å². The third-order valence-corrected chi connectivity index (χ3v) is 9.62. The van der Waals surface area contributed by atoms with Gasteiger partial charge in [-0.3, -0.25) is 24.1 Å². The number of hydrogen-bond acceptors (Lipinski definition) is 8. The number of allylic oxidation sites excluding steroid dienone is 1. The third kappa shape index (κ3) is 7.19. The number of benzene rings is 1. The molecular weight excluding hydrogens is 550 g/mol. The molecule has 5 atom stereocenters. The van der Waals surface area contributed by atoms with Crippen LogP contribution in [-0.2, 0) is 35.1 Å². The highest BCUT2D eigenvalue weighted by atomic mass is 16.6. The van der Waals surface area contributed by atoms with E-state index in [1.807, 2.05) is 24.3 Å². The Morgan fingerprint density at radius 3 is 2.47 bits per heavy atom. The molecule has 0 aromatic heterocycles. The molecule has 10 heteroatoms. The lowest BCUT2D eigenvalue weighted by atomic mass is 9.94. The summed E-state index contributed by atoms with van der Waals surface area (Å²) in [5.74, 6) is -0.889. The van der Waals surface area contributed by atoms with Crippen molar-refractivity contribution in [2.75, 3.05) is 40.0 Å². The van der Waals surface area contributed by atoms with Gasteiger partial charge in [-0.1, -0.05) is 23.8 Å². The number of hydrogen-bond donors (Lipinski definition) is 2. The van der Waals surface area contributed by atoms with Crippen LogP contribution < -0.4 is 15.4 Å². The smallest absolute Gasteiger partial charge is 0.243 e. The van der Waals surface area contributed by atoms with Crippen LogP contribution in [0, 0.1) is 11.8 Å². The Bertz CT molecular complexity index is 1280. The molecule has 1 spiro atoms. The fourth-order valence-corrected chi connectivity index (χ4v) is 6.45. The zero-order valence-electron chi connectivity index (χ0n) is 25.2. The van der Waals surface area contributed by atoms with Gasteiger partial charge in [-0.2, -0.15) is 0 Å². The number of carbonyl (C=O) groups is 4. The van der Waals surface area contributed by atoms with Gasteiger partial charge in [0.25, 0.3) is 0 Å². The summed E-state index contributed by atoms with van der Waals surface area (Å²) in [6.45, 7) is 4.55. The number of ether oxygens (including phenoxy) is 3. The van der Waals surface area contributed by atoms with E-state index in [1.54, 1.807) is 14.0 Å². The molecule has 2 heterocycles. The topological polar surface area (TPSA) is 127 Å². The second-order valence-corrected chi connectivity index (χ2v) is 13.2. The Hall–Kier alpha value is -3.08. The number of Topliss-reactive ketones (excluding diaryl/α,β-unsaturated/α-hetero) is 2. The van der Waals surface area contributed by atoms with Gasteiger partial charge in [0, 0.05) is 31.3 Å². The Morgan fingerprint density at radius 2 is 1.81 bits per heavy atom. The molecule has 1 aromatic carbocycles. The molecule has 2 aliphatic heterocycles. The number of nitrogens with zero attached hydrogens (tertiary/aromatic N) is 1. The van der Waals surface area contributed by atoms with Crippen LogP contribution in [0.15, 0.2) is 35.9 Å². The minimum atomic E-state index is -0.910. The summed E-state index contributed by atoms with van der Waals surface area (Å²) in [4.78, 5) is 55.8. The largest absolute Gasteiger partial charge is 0.497 e. The van der Waals surface area contributed by atoms with Gasteiger partial charge in [-0.05, 0) is 69.6 Å². The molecule has 10 nitrogen and oxygen atoms in total. The molecule has 1 aromatic rings. The van der Waals surface area contributed by atoms with Gasteiger partial charge in [0.15, 0.2) is 11.6 Å². The molecule has 2 saturated carbocycles. The Labute approximate surface area is 252 Å². The van der Waals surface area contributed by atoms with Crippen LogP contribution in [0.25, 0.3) is 0 Å². The second-order valence-electron chi connectivity index (χ2n) is 13.2. The van der Waals surface area contributed by atoms with E-state index >= 15 is 0 Å². The Balaban J connectivity index is 1.11. The zero-order chi connectivity index (χ0) is 30.2. The highest BCUT2D eigenvalue weighted by Crippen LogP contribution is 2.43. The van der Waals surface area contributed by atoms with Gasteiger partial charge in [-0.25, -0.2) is 0 Å². The molecule has 43 heavy (non-hydrogen) atoms. The number of carbonyl (C=O) groups excluding carboxylic acids is 4. The van der Waals surface area contributed by atoms with E-state index in [9.17, 15) is 19.2 Å². The lowest BCUT2D eigenvalue weighted by Crippen LogP contribution is -2.54. The maximum atomic E-state index is 13.8. The molecular formula is C33H43N3O7. The molecule has 2 saturated heterocycles. The molecule has 0 bridgehead atoms. The predicted octanol–water partition coefficient (Wildman–Crippen LogP) is 2.14. The summed E-state index contributed by atoms with van der Waals surface area (Å²) in [5, 5.41) is 5.90.